The lowest BCUT2D eigenvalue weighted by Gasteiger charge is -2.53. The zero-order chi connectivity index (χ0) is 23.3. The number of aliphatic hydroxyl groups is 2. The van der Waals surface area contributed by atoms with E-state index in [2.05, 4.69) is 4.98 Å². The lowest BCUT2D eigenvalue weighted by atomic mass is 10.0. The van der Waals surface area contributed by atoms with Crippen LogP contribution in [0.4, 0.5) is 8.78 Å². The van der Waals surface area contributed by atoms with Crippen molar-refractivity contribution in [1.82, 2.24) is 19.9 Å². The average Bonchev–Trinajstić information content (AvgIpc) is 3.26. The van der Waals surface area contributed by atoms with Gasteiger partial charge in [0.2, 0.25) is 0 Å². The lowest BCUT2D eigenvalue weighted by molar-refractivity contribution is -0.165. The van der Waals surface area contributed by atoms with Crippen molar-refractivity contribution >= 4 is 22.8 Å². The first-order valence-electron chi connectivity index (χ1n) is 11.0. The van der Waals surface area contributed by atoms with Gasteiger partial charge in [-0.05, 0) is 37.8 Å². The Morgan fingerprint density at radius 1 is 1.27 bits per heavy atom. The molecule has 2 fully saturated rings. The first-order valence-corrected chi connectivity index (χ1v) is 11.8. The van der Waals surface area contributed by atoms with Crippen LogP contribution in [0.15, 0.2) is 42.1 Å². The van der Waals surface area contributed by atoms with E-state index in [0.717, 1.165) is 36.8 Å². The van der Waals surface area contributed by atoms with Gasteiger partial charge in [0.05, 0.1) is 0 Å². The number of fused-ring (bicyclic) bond motifs is 3. The van der Waals surface area contributed by atoms with Crippen molar-refractivity contribution in [2.24, 2.45) is 0 Å². The van der Waals surface area contributed by atoms with Crippen molar-refractivity contribution in [3.63, 3.8) is 0 Å². The molecule has 0 bridgehead atoms. The molecule has 0 aliphatic carbocycles. The minimum absolute atomic E-state index is 0.0661. The summed E-state index contributed by atoms with van der Waals surface area (Å²) in [6.45, 7) is 3.13. The largest absolute Gasteiger partial charge is 0.507 e. The Labute approximate surface area is 193 Å². The second-order valence-electron chi connectivity index (χ2n) is 8.34. The molecule has 3 aliphatic rings. The van der Waals surface area contributed by atoms with Crippen LogP contribution in [0.5, 0.6) is 0 Å². The van der Waals surface area contributed by atoms with Gasteiger partial charge in [-0.15, -0.1) is 11.3 Å². The van der Waals surface area contributed by atoms with E-state index in [-0.39, 0.29) is 24.2 Å². The lowest BCUT2D eigenvalue weighted by Crippen LogP contribution is -2.65. The minimum Gasteiger partial charge on any atom is -0.507 e. The maximum absolute atomic E-state index is 14.1. The molecule has 2 atom stereocenters. The second kappa shape index (κ2) is 8.51. The fourth-order valence-electron chi connectivity index (χ4n) is 4.71. The van der Waals surface area contributed by atoms with Crippen LogP contribution in [0.3, 0.4) is 0 Å². The quantitative estimate of drug-likeness (QED) is 0.707. The maximum Gasteiger partial charge on any atom is 0.276 e. The molecule has 2 N–H and O–H groups in total. The first kappa shape index (κ1) is 22.0. The van der Waals surface area contributed by atoms with Crippen LogP contribution in [-0.4, -0.2) is 61.4 Å². The van der Waals surface area contributed by atoms with E-state index in [1.807, 2.05) is 11.9 Å². The summed E-state index contributed by atoms with van der Waals surface area (Å²) in [6, 6.07) is 3.45. The molecule has 7 nitrogen and oxygen atoms in total. The molecule has 0 saturated carbocycles. The fraction of sp³-hybridized carbons (Fsp3) is 0.391. The Morgan fingerprint density at radius 3 is 2.85 bits per heavy atom. The predicted octanol–water partition coefficient (Wildman–Crippen LogP) is 3.39. The minimum atomic E-state index is -1.40. The van der Waals surface area contributed by atoms with Crippen LogP contribution in [0, 0.1) is 11.6 Å². The Morgan fingerprint density at radius 2 is 2.09 bits per heavy atom. The number of aliphatic hydroxyl groups excluding tert-OH is 2. The third kappa shape index (κ3) is 3.71. The van der Waals surface area contributed by atoms with Gasteiger partial charge in [0.1, 0.15) is 28.9 Å². The molecule has 33 heavy (non-hydrogen) atoms. The van der Waals surface area contributed by atoms with Crippen LogP contribution in [-0.2, 0) is 11.2 Å². The number of carbonyl (C=O) groups excluding carboxylic acids is 1. The highest BCUT2D eigenvalue weighted by Gasteiger charge is 2.47. The first-order chi connectivity index (χ1) is 15.9. The number of piperidine rings is 1. The molecule has 0 spiro atoms. The van der Waals surface area contributed by atoms with E-state index in [1.54, 1.807) is 22.3 Å². The number of carbonyl (C=O) groups is 1. The number of nitrogens with zero attached hydrogens (tertiary/aromatic N) is 4. The van der Waals surface area contributed by atoms with Crippen LogP contribution < -0.4 is 0 Å². The Kier molecular flexibility index (Phi) is 5.67. The number of hydrogen-bond acceptors (Lipinski definition) is 7. The van der Waals surface area contributed by atoms with Gasteiger partial charge in [-0.2, -0.15) is 5.01 Å². The number of rotatable bonds is 4. The third-order valence-electron chi connectivity index (χ3n) is 6.35. The van der Waals surface area contributed by atoms with E-state index in [1.165, 1.54) is 23.5 Å². The van der Waals surface area contributed by atoms with Crippen LogP contribution >= 0.6 is 11.3 Å². The topological polar surface area (TPSA) is 80.1 Å². The van der Waals surface area contributed by atoms with E-state index in [4.69, 9.17) is 0 Å². The molecule has 2 saturated heterocycles. The molecule has 1 aromatic carbocycles. The zero-order valence-corrected chi connectivity index (χ0v) is 18.9. The Balaban J connectivity index is 1.47. The number of benzene rings is 1. The normalized spacial score (nSPS) is 23.5. The highest BCUT2D eigenvalue weighted by Crippen LogP contribution is 2.39. The predicted molar refractivity (Wildman–Crippen MR) is 118 cm³/mol. The van der Waals surface area contributed by atoms with Crippen molar-refractivity contribution in [1.29, 1.82) is 0 Å². The summed E-state index contributed by atoms with van der Waals surface area (Å²) in [5.41, 5.74) is 0.776. The molecule has 10 heteroatoms. The van der Waals surface area contributed by atoms with Gasteiger partial charge in [0, 0.05) is 48.4 Å². The van der Waals surface area contributed by atoms with E-state index >= 15 is 0 Å². The summed E-state index contributed by atoms with van der Waals surface area (Å²) in [7, 11) is 0. The second-order valence-corrected chi connectivity index (χ2v) is 9.46. The molecular weight excluding hydrogens is 450 g/mol. The van der Waals surface area contributed by atoms with Crippen LogP contribution in [0.2, 0.25) is 0 Å². The number of hydrazine groups is 1. The monoisotopic (exact) mass is 474 g/mol. The number of thiazole rings is 1. The standard InChI is InChI=1S/C23H24F2N4O3S/c1-2-27-18-5-3-4-8-28(18)29-12-16(20(30)21(31)19(29)23(27)32)22-26-11-15(33-22)9-13-6-7-14(24)10-17(13)25/h6-7,10-12,18,20,30-31H,2-5,8-9H2,1H3/t18-,20?/m0/s1. The van der Waals surface area contributed by atoms with Crippen molar-refractivity contribution in [3.05, 3.63) is 69.1 Å². The van der Waals surface area contributed by atoms with Gasteiger partial charge in [-0.1, -0.05) is 6.07 Å². The summed E-state index contributed by atoms with van der Waals surface area (Å²) in [6.07, 6.45) is 4.78. The highest BCUT2D eigenvalue weighted by molar-refractivity contribution is 7.12. The van der Waals surface area contributed by atoms with Gasteiger partial charge < -0.3 is 15.1 Å². The molecule has 5 rings (SSSR count). The molecule has 4 heterocycles. The number of aromatic nitrogens is 1. The molecule has 1 aromatic heterocycles. The van der Waals surface area contributed by atoms with Crippen LogP contribution in [0.1, 0.15) is 41.6 Å². The molecule has 1 unspecified atom stereocenters. The smallest absolute Gasteiger partial charge is 0.276 e. The molecule has 0 radical (unpaired) electrons. The van der Waals surface area contributed by atoms with Crippen molar-refractivity contribution in [3.8, 4) is 0 Å². The van der Waals surface area contributed by atoms with E-state index in [0.29, 0.717) is 22.7 Å². The van der Waals surface area contributed by atoms with Gasteiger partial charge in [-0.25, -0.2) is 13.8 Å². The number of likely N-dealkylation sites (N-methyl/N-ethyl adjacent to an activating group) is 1. The SMILES string of the molecule is CCN1C(=O)C2=C(O)C(O)C(c3ncc(Cc4ccc(F)cc4F)s3)=CN2N2CCCC[C@@H]12. The third-order valence-corrected chi connectivity index (χ3v) is 7.40. The molecule has 2 aromatic rings. The molecule has 1 amide bonds. The van der Waals surface area contributed by atoms with Crippen molar-refractivity contribution in [2.45, 2.75) is 44.9 Å². The summed E-state index contributed by atoms with van der Waals surface area (Å²) in [5.74, 6) is -1.97. The summed E-state index contributed by atoms with van der Waals surface area (Å²) in [5, 5.41) is 25.9. The van der Waals surface area contributed by atoms with Gasteiger partial charge in [0.15, 0.2) is 11.5 Å². The number of amides is 1. The Bertz CT molecular complexity index is 1160. The highest BCUT2D eigenvalue weighted by atomic mass is 32.1. The zero-order valence-electron chi connectivity index (χ0n) is 18.0. The van der Waals surface area contributed by atoms with Gasteiger partial charge in [0.25, 0.3) is 5.91 Å². The fourth-order valence-corrected chi connectivity index (χ4v) is 5.68. The Hall–Kier alpha value is -2.82. The molecule has 174 valence electrons. The van der Waals surface area contributed by atoms with Crippen molar-refractivity contribution < 1.29 is 23.8 Å². The van der Waals surface area contributed by atoms with Gasteiger partial charge >= 0.3 is 0 Å². The molecular formula is C23H24F2N4O3S. The molecule has 3 aliphatic heterocycles. The average molecular weight is 475 g/mol. The van der Waals surface area contributed by atoms with Crippen molar-refractivity contribution in [2.75, 3.05) is 13.1 Å². The van der Waals surface area contributed by atoms with E-state index in [9.17, 15) is 23.8 Å². The maximum atomic E-state index is 14.1. The number of halogens is 2. The number of hydrogen-bond donors (Lipinski definition) is 2. The van der Waals surface area contributed by atoms with Gasteiger partial charge in [-0.3, -0.25) is 9.80 Å². The summed E-state index contributed by atoms with van der Waals surface area (Å²) >= 11 is 1.25. The van der Waals surface area contributed by atoms with Crippen LogP contribution in [0.25, 0.3) is 5.57 Å². The summed E-state index contributed by atoms with van der Waals surface area (Å²) < 4.78 is 27.3. The van der Waals surface area contributed by atoms with E-state index < -0.39 is 23.5 Å². The summed E-state index contributed by atoms with van der Waals surface area (Å²) in [4.78, 5) is 20.0.